The van der Waals surface area contributed by atoms with Crippen LogP contribution < -0.4 is 0 Å². The van der Waals surface area contributed by atoms with Crippen LogP contribution >= 0.6 is 0 Å². The van der Waals surface area contributed by atoms with Crippen molar-refractivity contribution < 1.29 is 9.60 Å². The molecule has 9 aromatic carbocycles. The third kappa shape index (κ3) is 5.11. The van der Waals surface area contributed by atoms with E-state index in [1.807, 2.05) is 121 Å². The summed E-state index contributed by atoms with van der Waals surface area (Å²) in [5, 5.41) is 2.23. The van der Waals surface area contributed by atoms with Crippen LogP contribution in [0.2, 0.25) is 0 Å². The van der Waals surface area contributed by atoms with Gasteiger partial charge in [0.1, 0.15) is 0 Å². The van der Waals surface area contributed by atoms with Crippen molar-refractivity contribution in [3.63, 3.8) is 0 Å². The molecule has 0 N–H and O–H groups in total. The SMILES string of the molecule is [2H]c1c([2H])c([2H])c2c(c1[2H])c1c([2H])c(-c3ccc4c(c3)c3c(-c5ccccc5)cccc3n4-c3ccccc3-c3ccccc3)c([2H])c([2H])c1n2-c1ccccc1-c1ccccc1. The molecule has 0 aliphatic heterocycles. The number of hydrogen-bond acceptors (Lipinski definition) is 0. The van der Waals surface area contributed by atoms with Crippen molar-refractivity contribution in [2.45, 2.75) is 0 Å². The molecule has 0 amide bonds. The van der Waals surface area contributed by atoms with Crippen LogP contribution in [0.15, 0.2) is 218 Å². The topological polar surface area (TPSA) is 9.86 Å². The molecule has 0 saturated carbocycles. The zero-order valence-electron chi connectivity index (χ0n) is 37.1. The monoisotopic (exact) mass is 719 g/mol. The molecule has 11 aromatic rings. The molecule has 0 saturated heterocycles. The molecular weight excluding hydrogens is 677 g/mol. The second kappa shape index (κ2) is 13.2. The quantitative estimate of drug-likeness (QED) is 0.162. The summed E-state index contributed by atoms with van der Waals surface area (Å²) in [5.74, 6) is 0. The van der Waals surface area contributed by atoms with Crippen molar-refractivity contribution in [2.24, 2.45) is 0 Å². The van der Waals surface area contributed by atoms with Gasteiger partial charge < -0.3 is 9.13 Å². The first-order valence-corrected chi connectivity index (χ1v) is 18.7. The van der Waals surface area contributed by atoms with Crippen molar-refractivity contribution >= 4 is 43.6 Å². The molecule has 0 spiro atoms. The highest BCUT2D eigenvalue weighted by molar-refractivity contribution is 6.17. The Hall–Kier alpha value is -7.42. The van der Waals surface area contributed by atoms with Gasteiger partial charge in [0.2, 0.25) is 0 Å². The molecule has 0 fully saturated rings. The number of benzene rings is 9. The Balaban J connectivity index is 1.25. The van der Waals surface area contributed by atoms with Crippen molar-refractivity contribution in [2.75, 3.05) is 0 Å². The van der Waals surface area contributed by atoms with Gasteiger partial charge in [0.25, 0.3) is 0 Å². The summed E-state index contributed by atoms with van der Waals surface area (Å²) in [6, 6.07) is 56.5. The van der Waals surface area contributed by atoms with Gasteiger partial charge in [0.05, 0.1) is 43.0 Å². The summed E-state index contributed by atoms with van der Waals surface area (Å²) >= 11 is 0. The van der Waals surface area contributed by atoms with E-state index in [1.54, 1.807) is 4.57 Å². The minimum atomic E-state index is -0.427. The lowest BCUT2D eigenvalue weighted by Crippen LogP contribution is -1.97. The predicted molar refractivity (Wildman–Crippen MR) is 237 cm³/mol. The summed E-state index contributed by atoms with van der Waals surface area (Å²) < 4.78 is 69.5. The van der Waals surface area contributed by atoms with E-state index in [2.05, 4.69) is 59.2 Å². The predicted octanol–water partition coefficient (Wildman–Crippen LogP) is 14.5. The number of nitrogens with zero attached hydrogens (tertiary/aromatic N) is 2. The number of hydrogen-bond donors (Lipinski definition) is 0. The summed E-state index contributed by atoms with van der Waals surface area (Å²) in [4.78, 5) is 0. The van der Waals surface area contributed by atoms with Gasteiger partial charge in [0.15, 0.2) is 0 Å². The first-order valence-electron chi connectivity index (χ1n) is 22.2. The van der Waals surface area contributed by atoms with E-state index in [0.717, 1.165) is 60.9 Å². The molecule has 0 atom stereocenters. The maximum absolute atomic E-state index is 10.0. The summed E-state index contributed by atoms with van der Waals surface area (Å²) in [7, 11) is 0. The molecule has 2 heterocycles. The molecule has 2 heteroatoms. The molecule has 262 valence electrons. The highest BCUT2D eigenvalue weighted by Gasteiger charge is 2.20. The zero-order chi connectivity index (χ0) is 43.1. The Kier molecular flexibility index (Phi) is 6.01. The van der Waals surface area contributed by atoms with Gasteiger partial charge in [-0.25, -0.2) is 0 Å². The summed E-state index contributed by atoms with van der Waals surface area (Å²) in [6.45, 7) is 0. The molecule has 0 bridgehead atoms. The van der Waals surface area contributed by atoms with Crippen molar-refractivity contribution in [3.8, 4) is 55.9 Å². The molecular formula is C54H36N2. The second-order valence-electron chi connectivity index (χ2n) is 13.9. The second-order valence-corrected chi connectivity index (χ2v) is 13.9. The third-order valence-corrected chi connectivity index (χ3v) is 10.8. The fourth-order valence-corrected chi connectivity index (χ4v) is 8.30. The minimum absolute atomic E-state index is 0.0854. The van der Waals surface area contributed by atoms with Gasteiger partial charge in [-0.05, 0) is 81.8 Å². The van der Waals surface area contributed by atoms with Crippen LogP contribution in [-0.4, -0.2) is 9.13 Å². The minimum Gasteiger partial charge on any atom is -0.309 e. The van der Waals surface area contributed by atoms with E-state index in [1.165, 1.54) is 0 Å². The smallest absolute Gasteiger partial charge is 0.0645 e. The third-order valence-electron chi connectivity index (χ3n) is 10.8. The normalized spacial score (nSPS) is 13.3. The van der Waals surface area contributed by atoms with Crippen molar-refractivity contribution in [1.29, 1.82) is 0 Å². The van der Waals surface area contributed by atoms with Crippen LogP contribution in [-0.2, 0) is 0 Å². The van der Waals surface area contributed by atoms with Crippen LogP contribution in [0.4, 0.5) is 0 Å². The van der Waals surface area contributed by atoms with Gasteiger partial charge in [-0.3, -0.25) is 0 Å². The van der Waals surface area contributed by atoms with Gasteiger partial charge >= 0.3 is 0 Å². The van der Waals surface area contributed by atoms with E-state index in [4.69, 9.17) is 2.74 Å². The Morgan fingerprint density at radius 1 is 0.321 bits per heavy atom. The lowest BCUT2D eigenvalue weighted by molar-refractivity contribution is 1.18. The first kappa shape index (κ1) is 25.6. The molecule has 0 aliphatic carbocycles. The Labute approximate surface area is 335 Å². The van der Waals surface area contributed by atoms with Gasteiger partial charge in [-0.1, -0.05) is 170 Å². The Morgan fingerprint density at radius 3 is 1.52 bits per heavy atom. The highest BCUT2D eigenvalue weighted by Crippen LogP contribution is 2.43. The maximum atomic E-state index is 10.0. The maximum Gasteiger partial charge on any atom is 0.0645 e. The lowest BCUT2D eigenvalue weighted by Gasteiger charge is -2.14. The highest BCUT2D eigenvalue weighted by atomic mass is 15.0. The standard InChI is InChI=1S/C54H36N2/c1-4-17-37(18-5-1)42-23-10-13-27-48(42)55-50-29-15-12-25-45(50)46-35-40(31-33-51(46)55)41-32-34-52-47(36-41)54-44(39-21-8-3-9-22-39)26-16-30-53(54)56(52)49-28-14-11-24-43(49)38-19-6-2-7-20-38/h1-36H/i12D,15D,25D,29D,31D,33D,35D. The van der Waals surface area contributed by atoms with Crippen molar-refractivity contribution in [3.05, 3.63) is 218 Å². The summed E-state index contributed by atoms with van der Waals surface area (Å²) in [5.41, 5.74) is 10.4. The van der Waals surface area contributed by atoms with Crippen LogP contribution in [0.25, 0.3) is 99.5 Å². The van der Waals surface area contributed by atoms with Crippen molar-refractivity contribution in [1.82, 2.24) is 9.13 Å². The van der Waals surface area contributed by atoms with E-state index in [-0.39, 0.29) is 57.6 Å². The van der Waals surface area contributed by atoms with E-state index < -0.39 is 12.1 Å². The van der Waals surface area contributed by atoms with E-state index in [0.29, 0.717) is 11.3 Å². The number of fused-ring (bicyclic) bond motifs is 6. The number of para-hydroxylation sites is 3. The number of aromatic nitrogens is 2. The fourth-order valence-electron chi connectivity index (χ4n) is 8.30. The van der Waals surface area contributed by atoms with Gasteiger partial charge in [-0.2, -0.15) is 0 Å². The van der Waals surface area contributed by atoms with Crippen LogP contribution in [0.3, 0.4) is 0 Å². The summed E-state index contributed by atoms with van der Waals surface area (Å²) in [6.07, 6.45) is 0. The largest absolute Gasteiger partial charge is 0.309 e. The molecule has 0 radical (unpaired) electrons. The molecule has 2 aromatic heterocycles. The Bertz CT molecular complexity index is 3630. The molecule has 0 aliphatic rings. The van der Waals surface area contributed by atoms with E-state index >= 15 is 0 Å². The van der Waals surface area contributed by atoms with Crippen LogP contribution in [0.5, 0.6) is 0 Å². The lowest BCUT2D eigenvalue weighted by atomic mass is 9.97. The average Bonchev–Trinajstić information content (AvgIpc) is 3.87. The molecule has 11 rings (SSSR count). The molecule has 2 nitrogen and oxygen atoms in total. The Morgan fingerprint density at radius 2 is 0.857 bits per heavy atom. The first-order chi connectivity index (χ1) is 30.7. The van der Waals surface area contributed by atoms with Gasteiger partial charge in [0, 0.05) is 32.7 Å². The van der Waals surface area contributed by atoms with Crippen LogP contribution in [0.1, 0.15) is 9.60 Å². The molecule has 56 heavy (non-hydrogen) atoms. The number of rotatable bonds is 6. The van der Waals surface area contributed by atoms with Crippen LogP contribution in [0, 0.1) is 0 Å². The van der Waals surface area contributed by atoms with E-state index in [9.17, 15) is 6.85 Å². The fraction of sp³-hybridized carbons (Fsp3) is 0. The zero-order valence-corrected chi connectivity index (χ0v) is 30.1. The molecule has 0 unspecified atom stereocenters. The van der Waals surface area contributed by atoms with Gasteiger partial charge in [-0.15, -0.1) is 0 Å². The average molecular weight is 720 g/mol.